The van der Waals surface area contributed by atoms with Gasteiger partial charge in [-0.15, -0.1) is 24.0 Å². The second kappa shape index (κ2) is 10.6. The largest absolute Gasteiger partial charge is 0.469 e. The number of guanidine groups is 1. The maximum Gasteiger partial charge on any atom is 0.194 e. The Morgan fingerprint density at radius 1 is 1.38 bits per heavy atom. The summed E-state index contributed by atoms with van der Waals surface area (Å²) < 4.78 is 13.2. The molecule has 2 aromatic rings. The maximum absolute atomic E-state index is 5.70. The van der Waals surface area contributed by atoms with E-state index in [0.29, 0.717) is 6.54 Å². The van der Waals surface area contributed by atoms with Crippen molar-refractivity contribution in [2.24, 2.45) is 12.0 Å². The molecule has 0 radical (unpaired) electrons. The van der Waals surface area contributed by atoms with Crippen molar-refractivity contribution in [3.8, 4) is 0 Å². The molecule has 1 N–H and O–H groups in total. The van der Waals surface area contributed by atoms with E-state index in [1.165, 1.54) is 5.69 Å². The second-order valence-electron chi connectivity index (χ2n) is 6.52. The van der Waals surface area contributed by atoms with Gasteiger partial charge in [-0.05, 0) is 37.1 Å². The molecule has 0 amide bonds. The third-order valence-electron chi connectivity index (χ3n) is 4.52. The molecule has 1 aliphatic heterocycles. The lowest BCUT2D eigenvalue weighted by Crippen LogP contribution is -2.40. The predicted molar refractivity (Wildman–Crippen MR) is 114 cm³/mol. The molecule has 144 valence electrons. The lowest BCUT2D eigenvalue weighted by atomic mass is 10.2. The van der Waals surface area contributed by atoms with E-state index in [1.807, 2.05) is 12.1 Å². The number of ether oxygens (including phenoxy) is 1. The Labute approximate surface area is 172 Å². The van der Waals surface area contributed by atoms with Crippen LogP contribution in [0, 0.1) is 0 Å². The van der Waals surface area contributed by atoms with Gasteiger partial charge in [-0.1, -0.05) is 0 Å². The second-order valence-corrected chi connectivity index (χ2v) is 6.52. The van der Waals surface area contributed by atoms with Gasteiger partial charge < -0.3 is 23.9 Å². The Kier molecular flexibility index (Phi) is 8.50. The monoisotopic (exact) mass is 472 g/mol. The molecule has 0 saturated carbocycles. The highest BCUT2D eigenvalue weighted by Gasteiger charge is 2.16. The van der Waals surface area contributed by atoms with E-state index in [0.717, 1.165) is 50.7 Å². The van der Waals surface area contributed by atoms with Gasteiger partial charge in [0.15, 0.2) is 5.96 Å². The number of nitrogens with zero attached hydrogens (tertiary/aromatic N) is 3. The van der Waals surface area contributed by atoms with E-state index in [2.05, 4.69) is 47.2 Å². The van der Waals surface area contributed by atoms with Crippen LogP contribution in [0.2, 0.25) is 0 Å². The van der Waals surface area contributed by atoms with E-state index in [4.69, 9.17) is 14.1 Å². The molecule has 1 atom stereocenters. The molecule has 26 heavy (non-hydrogen) atoms. The van der Waals surface area contributed by atoms with E-state index >= 15 is 0 Å². The van der Waals surface area contributed by atoms with Gasteiger partial charge in [0.25, 0.3) is 0 Å². The minimum absolute atomic E-state index is 0. The van der Waals surface area contributed by atoms with Crippen molar-refractivity contribution in [3.63, 3.8) is 0 Å². The minimum atomic E-state index is 0. The SMILES string of the molecule is CN(Cc1cccn1C)C(=NCC1CCCO1)NCCc1ccco1.I. The quantitative estimate of drug-likeness (QED) is 0.383. The van der Waals surface area contributed by atoms with E-state index in [-0.39, 0.29) is 30.1 Å². The zero-order valence-corrected chi connectivity index (χ0v) is 17.9. The number of rotatable bonds is 7. The topological polar surface area (TPSA) is 54.9 Å². The summed E-state index contributed by atoms with van der Waals surface area (Å²) in [5, 5.41) is 3.46. The molecule has 7 heteroatoms. The summed E-state index contributed by atoms with van der Waals surface area (Å²) in [5.41, 5.74) is 1.25. The minimum Gasteiger partial charge on any atom is -0.469 e. The molecule has 0 aliphatic carbocycles. The fourth-order valence-corrected chi connectivity index (χ4v) is 3.02. The van der Waals surface area contributed by atoms with Crippen LogP contribution < -0.4 is 5.32 Å². The number of aliphatic imine (C=N–C) groups is 1. The Morgan fingerprint density at radius 2 is 2.27 bits per heavy atom. The number of hydrogen-bond donors (Lipinski definition) is 1. The van der Waals surface area contributed by atoms with Crippen LogP contribution in [0.3, 0.4) is 0 Å². The lowest BCUT2D eigenvalue weighted by Gasteiger charge is -2.23. The van der Waals surface area contributed by atoms with Crippen LogP contribution in [0.5, 0.6) is 0 Å². The van der Waals surface area contributed by atoms with E-state index in [9.17, 15) is 0 Å². The Hall–Kier alpha value is -1.48. The highest BCUT2D eigenvalue weighted by atomic mass is 127. The summed E-state index contributed by atoms with van der Waals surface area (Å²) in [4.78, 5) is 6.96. The normalized spacial score (nSPS) is 17.2. The van der Waals surface area contributed by atoms with Gasteiger partial charge in [-0.3, -0.25) is 4.99 Å². The van der Waals surface area contributed by atoms with Gasteiger partial charge in [-0.25, -0.2) is 0 Å². The van der Waals surface area contributed by atoms with Gasteiger partial charge in [0.2, 0.25) is 0 Å². The smallest absolute Gasteiger partial charge is 0.194 e. The number of furan rings is 1. The zero-order chi connectivity index (χ0) is 17.5. The van der Waals surface area contributed by atoms with Crippen molar-refractivity contribution in [1.82, 2.24) is 14.8 Å². The van der Waals surface area contributed by atoms with Gasteiger partial charge in [-0.2, -0.15) is 0 Å². The molecule has 0 spiro atoms. The molecule has 0 bridgehead atoms. The van der Waals surface area contributed by atoms with Crippen LogP contribution in [-0.2, 0) is 24.8 Å². The van der Waals surface area contributed by atoms with Crippen LogP contribution in [0.25, 0.3) is 0 Å². The highest BCUT2D eigenvalue weighted by Crippen LogP contribution is 2.12. The number of aryl methyl sites for hydroxylation is 1. The number of nitrogens with one attached hydrogen (secondary N) is 1. The summed E-state index contributed by atoms with van der Waals surface area (Å²) in [7, 11) is 4.14. The summed E-state index contributed by atoms with van der Waals surface area (Å²) in [6.07, 6.45) is 7.11. The van der Waals surface area contributed by atoms with Crippen LogP contribution in [0.4, 0.5) is 0 Å². The summed E-state index contributed by atoms with van der Waals surface area (Å²) in [6, 6.07) is 8.12. The molecule has 3 rings (SSSR count). The third kappa shape index (κ3) is 6.05. The average molecular weight is 472 g/mol. The van der Waals surface area contributed by atoms with Crippen LogP contribution >= 0.6 is 24.0 Å². The van der Waals surface area contributed by atoms with Crippen molar-refractivity contribution in [3.05, 3.63) is 48.2 Å². The summed E-state index contributed by atoms with van der Waals surface area (Å²) >= 11 is 0. The van der Waals surface area contributed by atoms with Gasteiger partial charge in [0.1, 0.15) is 5.76 Å². The first-order chi connectivity index (χ1) is 12.2. The molecule has 2 aromatic heterocycles. The molecule has 3 heterocycles. The number of hydrogen-bond acceptors (Lipinski definition) is 3. The zero-order valence-electron chi connectivity index (χ0n) is 15.6. The fourth-order valence-electron chi connectivity index (χ4n) is 3.02. The first-order valence-electron chi connectivity index (χ1n) is 8.96. The first kappa shape index (κ1) is 20.8. The average Bonchev–Trinajstić information content (AvgIpc) is 3.35. The van der Waals surface area contributed by atoms with Crippen molar-refractivity contribution < 1.29 is 9.15 Å². The molecule has 1 unspecified atom stereocenters. The maximum atomic E-state index is 5.70. The highest BCUT2D eigenvalue weighted by molar-refractivity contribution is 14.0. The number of halogens is 1. The van der Waals surface area contributed by atoms with Crippen molar-refractivity contribution in [2.75, 3.05) is 26.7 Å². The molecular weight excluding hydrogens is 443 g/mol. The predicted octanol–water partition coefficient (Wildman–Crippen LogP) is 3.04. The molecular formula is C19H29IN4O2. The van der Waals surface area contributed by atoms with Crippen LogP contribution in [0.15, 0.2) is 46.1 Å². The van der Waals surface area contributed by atoms with E-state index in [1.54, 1.807) is 6.26 Å². The Morgan fingerprint density at radius 3 is 2.92 bits per heavy atom. The van der Waals surface area contributed by atoms with Gasteiger partial charge in [0.05, 0.1) is 25.5 Å². The molecule has 1 saturated heterocycles. The molecule has 1 aliphatic rings. The summed E-state index contributed by atoms with van der Waals surface area (Å²) in [6.45, 7) is 3.16. The third-order valence-corrected chi connectivity index (χ3v) is 4.52. The van der Waals surface area contributed by atoms with Crippen molar-refractivity contribution in [2.45, 2.75) is 31.9 Å². The lowest BCUT2D eigenvalue weighted by molar-refractivity contribution is 0.117. The Bertz CT molecular complexity index is 663. The fraction of sp³-hybridized carbons (Fsp3) is 0.526. The van der Waals surface area contributed by atoms with Gasteiger partial charge >= 0.3 is 0 Å². The number of aromatic nitrogens is 1. The van der Waals surface area contributed by atoms with Crippen LogP contribution in [0.1, 0.15) is 24.3 Å². The Balaban J connectivity index is 0.00000243. The molecule has 1 fully saturated rings. The van der Waals surface area contributed by atoms with Crippen LogP contribution in [-0.4, -0.2) is 48.3 Å². The summed E-state index contributed by atoms with van der Waals surface area (Å²) in [5.74, 6) is 1.89. The van der Waals surface area contributed by atoms with Crippen molar-refractivity contribution >= 4 is 29.9 Å². The van der Waals surface area contributed by atoms with Gasteiger partial charge in [0, 0.05) is 45.6 Å². The standard InChI is InChI=1S/C19H28N4O2.HI/c1-22-11-3-6-16(22)15-23(2)19(21-14-18-8-5-13-25-18)20-10-9-17-7-4-12-24-17;/h3-4,6-7,11-12,18H,5,8-10,13-15H2,1-2H3,(H,20,21);1H. The molecule has 6 nitrogen and oxygen atoms in total. The molecule has 0 aromatic carbocycles. The van der Waals surface area contributed by atoms with E-state index < -0.39 is 0 Å². The van der Waals surface area contributed by atoms with Crippen molar-refractivity contribution in [1.29, 1.82) is 0 Å². The first-order valence-corrected chi connectivity index (χ1v) is 8.96.